The zero-order valence-corrected chi connectivity index (χ0v) is 11.2. The molecule has 8 heteroatoms. The van der Waals surface area contributed by atoms with Crippen molar-refractivity contribution in [2.75, 3.05) is 0 Å². The van der Waals surface area contributed by atoms with Gasteiger partial charge >= 0.3 is 5.97 Å². The molecule has 110 valence electrons. The standard InChI is InChI=1S/C12H13F2NO4S/c13-9-3-2-8(6-10(9)14)20(18,19)15-12(4-1-5-12)7-11(16)17/h2-3,6,15H,1,4-5,7H2,(H,16,17). The monoisotopic (exact) mass is 305 g/mol. The Morgan fingerprint density at radius 1 is 1.30 bits per heavy atom. The first-order valence-corrected chi connectivity index (χ1v) is 7.43. The Balaban J connectivity index is 2.26. The Morgan fingerprint density at radius 2 is 1.95 bits per heavy atom. The van der Waals surface area contributed by atoms with E-state index in [2.05, 4.69) is 4.72 Å². The Bertz CT molecular complexity index is 641. The first-order chi connectivity index (χ1) is 9.24. The van der Waals surface area contributed by atoms with Crippen LogP contribution in [0.3, 0.4) is 0 Å². The summed E-state index contributed by atoms with van der Waals surface area (Å²) in [4.78, 5) is 10.4. The number of nitrogens with one attached hydrogen (secondary N) is 1. The molecule has 0 heterocycles. The van der Waals surface area contributed by atoms with E-state index in [4.69, 9.17) is 5.11 Å². The van der Waals surface area contributed by atoms with Crippen molar-refractivity contribution in [3.8, 4) is 0 Å². The summed E-state index contributed by atoms with van der Waals surface area (Å²) < 4.78 is 52.4. The molecule has 0 aromatic heterocycles. The molecule has 0 bridgehead atoms. The van der Waals surface area contributed by atoms with E-state index in [1.54, 1.807) is 0 Å². The highest BCUT2D eigenvalue weighted by atomic mass is 32.2. The van der Waals surface area contributed by atoms with E-state index in [9.17, 15) is 22.0 Å². The van der Waals surface area contributed by atoms with Gasteiger partial charge in [-0.2, -0.15) is 0 Å². The molecule has 0 aliphatic heterocycles. The smallest absolute Gasteiger partial charge is 0.305 e. The third-order valence-electron chi connectivity index (χ3n) is 3.35. The molecule has 1 fully saturated rings. The molecule has 0 atom stereocenters. The van der Waals surface area contributed by atoms with Crippen LogP contribution in [0.1, 0.15) is 25.7 Å². The fraction of sp³-hybridized carbons (Fsp3) is 0.417. The zero-order chi connectivity index (χ0) is 15.0. The molecule has 2 rings (SSSR count). The Kier molecular flexibility index (Phi) is 3.79. The van der Waals surface area contributed by atoms with Gasteiger partial charge in [0, 0.05) is 5.54 Å². The molecule has 0 spiro atoms. The molecule has 1 aromatic rings. The largest absolute Gasteiger partial charge is 0.481 e. The SMILES string of the molecule is O=C(O)CC1(NS(=O)(=O)c2ccc(F)c(F)c2)CCC1. The first kappa shape index (κ1) is 14.9. The predicted octanol–water partition coefficient (Wildman–Crippen LogP) is 1.64. The second-order valence-electron chi connectivity index (χ2n) is 4.89. The van der Waals surface area contributed by atoms with Gasteiger partial charge in [-0.3, -0.25) is 4.79 Å². The first-order valence-electron chi connectivity index (χ1n) is 5.95. The number of carboxylic acid groups (broad SMARTS) is 1. The lowest BCUT2D eigenvalue weighted by molar-refractivity contribution is -0.139. The summed E-state index contributed by atoms with van der Waals surface area (Å²) >= 11 is 0. The minimum atomic E-state index is -4.08. The molecule has 0 unspecified atom stereocenters. The average Bonchev–Trinajstić information content (AvgIpc) is 2.28. The highest BCUT2D eigenvalue weighted by Gasteiger charge is 2.42. The predicted molar refractivity (Wildman–Crippen MR) is 65.5 cm³/mol. The van der Waals surface area contributed by atoms with Gasteiger partial charge in [0.1, 0.15) is 0 Å². The quantitative estimate of drug-likeness (QED) is 0.866. The summed E-state index contributed by atoms with van der Waals surface area (Å²) in [6.07, 6.45) is 1.19. The molecule has 0 amide bonds. The second-order valence-corrected chi connectivity index (χ2v) is 6.57. The third-order valence-corrected chi connectivity index (χ3v) is 4.93. The maximum atomic E-state index is 13.1. The topological polar surface area (TPSA) is 83.5 Å². The summed E-state index contributed by atoms with van der Waals surface area (Å²) in [5.74, 6) is -3.53. The van der Waals surface area contributed by atoms with Gasteiger partial charge in [-0.05, 0) is 37.5 Å². The summed E-state index contributed by atoms with van der Waals surface area (Å²) in [5.41, 5.74) is -1.03. The summed E-state index contributed by atoms with van der Waals surface area (Å²) in [7, 11) is -4.08. The van der Waals surface area contributed by atoms with Crippen LogP contribution in [0.25, 0.3) is 0 Å². The van der Waals surface area contributed by atoms with Gasteiger partial charge in [0.05, 0.1) is 11.3 Å². The van der Waals surface area contributed by atoms with Crippen LogP contribution in [0.15, 0.2) is 23.1 Å². The van der Waals surface area contributed by atoms with Crippen LogP contribution in [-0.2, 0) is 14.8 Å². The number of carboxylic acids is 1. The number of sulfonamides is 1. The Labute approximate surface area is 114 Å². The lowest BCUT2D eigenvalue weighted by atomic mass is 9.75. The van der Waals surface area contributed by atoms with Crippen LogP contribution < -0.4 is 4.72 Å². The van der Waals surface area contributed by atoms with Gasteiger partial charge in [-0.15, -0.1) is 0 Å². The van der Waals surface area contributed by atoms with Crippen LogP contribution in [0.2, 0.25) is 0 Å². The maximum absolute atomic E-state index is 13.1. The molecule has 1 saturated carbocycles. The van der Waals surface area contributed by atoms with Gasteiger partial charge < -0.3 is 5.11 Å². The van der Waals surface area contributed by atoms with Crippen molar-refractivity contribution in [1.29, 1.82) is 0 Å². The van der Waals surface area contributed by atoms with Crippen molar-refractivity contribution < 1.29 is 27.1 Å². The fourth-order valence-corrected chi connectivity index (χ4v) is 3.67. The van der Waals surface area contributed by atoms with E-state index in [1.807, 2.05) is 0 Å². The fourth-order valence-electron chi connectivity index (χ4n) is 2.20. The van der Waals surface area contributed by atoms with Crippen LogP contribution in [0.5, 0.6) is 0 Å². The van der Waals surface area contributed by atoms with Gasteiger partial charge in [-0.1, -0.05) is 0 Å². The van der Waals surface area contributed by atoms with Crippen molar-refractivity contribution in [2.45, 2.75) is 36.1 Å². The number of hydrogen-bond donors (Lipinski definition) is 2. The minimum Gasteiger partial charge on any atom is -0.481 e. The number of hydrogen-bond acceptors (Lipinski definition) is 3. The van der Waals surface area contributed by atoms with Crippen LogP contribution >= 0.6 is 0 Å². The highest BCUT2D eigenvalue weighted by molar-refractivity contribution is 7.89. The summed E-state index contributed by atoms with van der Waals surface area (Å²) in [6.45, 7) is 0. The molecule has 2 N–H and O–H groups in total. The van der Waals surface area contributed by atoms with E-state index in [0.717, 1.165) is 6.07 Å². The Hall–Kier alpha value is -1.54. The molecular weight excluding hydrogens is 292 g/mol. The minimum absolute atomic E-state index is 0.337. The Morgan fingerprint density at radius 3 is 2.40 bits per heavy atom. The number of rotatable bonds is 5. The number of benzene rings is 1. The number of halogens is 2. The van der Waals surface area contributed by atoms with Gasteiger partial charge in [0.25, 0.3) is 0 Å². The van der Waals surface area contributed by atoms with Crippen LogP contribution in [-0.4, -0.2) is 25.0 Å². The molecule has 0 radical (unpaired) electrons. The molecule has 20 heavy (non-hydrogen) atoms. The van der Waals surface area contributed by atoms with Gasteiger partial charge in [-0.25, -0.2) is 21.9 Å². The van der Waals surface area contributed by atoms with Crippen molar-refractivity contribution >= 4 is 16.0 Å². The van der Waals surface area contributed by atoms with E-state index in [0.29, 0.717) is 31.4 Å². The summed E-state index contributed by atoms with van der Waals surface area (Å²) in [5, 5.41) is 8.82. The maximum Gasteiger partial charge on any atom is 0.305 e. The molecule has 1 aromatic carbocycles. The lowest BCUT2D eigenvalue weighted by Crippen LogP contribution is -2.54. The van der Waals surface area contributed by atoms with Crippen molar-refractivity contribution in [3.05, 3.63) is 29.8 Å². The molecular formula is C12H13F2NO4S. The molecule has 1 aliphatic carbocycles. The molecule has 0 saturated heterocycles. The number of aliphatic carboxylic acids is 1. The van der Waals surface area contributed by atoms with E-state index >= 15 is 0 Å². The van der Waals surface area contributed by atoms with E-state index in [1.165, 1.54) is 0 Å². The van der Waals surface area contributed by atoms with Crippen molar-refractivity contribution in [1.82, 2.24) is 4.72 Å². The third kappa shape index (κ3) is 2.96. The van der Waals surface area contributed by atoms with Gasteiger partial charge in [0.15, 0.2) is 11.6 Å². The average molecular weight is 305 g/mol. The van der Waals surface area contributed by atoms with Crippen molar-refractivity contribution in [3.63, 3.8) is 0 Å². The molecule has 5 nitrogen and oxygen atoms in total. The zero-order valence-electron chi connectivity index (χ0n) is 10.4. The van der Waals surface area contributed by atoms with Crippen LogP contribution in [0, 0.1) is 11.6 Å². The van der Waals surface area contributed by atoms with E-state index < -0.39 is 38.1 Å². The second kappa shape index (κ2) is 5.10. The van der Waals surface area contributed by atoms with Crippen molar-refractivity contribution in [2.24, 2.45) is 0 Å². The van der Waals surface area contributed by atoms with Crippen LogP contribution in [0.4, 0.5) is 8.78 Å². The van der Waals surface area contributed by atoms with Gasteiger partial charge in [0.2, 0.25) is 10.0 Å². The normalized spacial score (nSPS) is 17.5. The molecule has 1 aliphatic rings. The summed E-state index contributed by atoms with van der Waals surface area (Å²) in [6, 6.07) is 2.23. The lowest BCUT2D eigenvalue weighted by Gasteiger charge is -2.40. The number of carbonyl (C=O) groups is 1. The highest BCUT2D eigenvalue weighted by Crippen LogP contribution is 2.36. The van der Waals surface area contributed by atoms with E-state index in [-0.39, 0.29) is 6.42 Å².